The molecule has 14 heavy (non-hydrogen) atoms. The second-order valence-electron chi connectivity index (χ2n) is 2.30. The van der Waals surface area contributed by atoms with E-state index in [9.17, 15) is 14.9 Å². The van der Waals surface area contributed by atoms with Gasteiger partial charge in [-0.15, -0.1) is 0 Å². The fraction of sp³-hybridized carbons (Fsp3) is 0. The third-order valence-electron chi connectivity index (χ3n) is 1.51. The van der Waals surface area contributed by atoms with Crippen molar-refractivity contribution in [2.45, 2.75) is 0 Å². The number of carboxylic acids is 1. The minimum atomic E-state index is -1.28. The van der Waals surface area contributed by atoms with Crippen LogP contribution < -0.4 is 5.73 Å². The van der Waals surface area contributed by atoms with Crippen LogP contribution in [0.15, 0.2) is 18.2 Å². The van der Waals surface area contributed by atoms with E-state index in [1.807, 2.05) is 0 Å². The monoisotopic (exact) mass is 222 g/mol. The molecule has 0 spiro atoms. The van der Waals surface area contributed by atoms with Crippen LogP contribution in [0.3, 0.4) is 0 Å². The summed E-state index contributed by atoms with van der Waals surface area (Å²) in [5.41, 5.74) is 4.30. The van der Waals surface area contributed by atoms with E-state index in [2.05, 4.69) is 0 Å². The summed E-state index contributed by atoms with van der Waals surface area (Å²) in [4.78, 5) is 20.1. The Kier molecular flexibility index (Phi) is 5.23. The molecule has 1 aromatic rings. The van der Waals surface area contributed by atoms with Crippen LogP contribution in [-0.2, 0) is 0 Å². The van der Waals surface area contributed by atoms with E-state index in [0.29, 0.717) is 0 Å². The number of nitrogen functional groups attached to an aromatic ring is 1. The van der Waals surface area contributed by atoms with Gasteiger partial charge >= 0.3 is 57.4 Å². The molecule has 1 aromatic carbocycles. The first-order valence-electron chi connectivity index (χ1n) is 3.30. The van der Waals surface area contributed by atoms with Crippen LogP contribution in [0.5, 0.6) is 0 Å². The zero-order valence-electron chi connectivity index (χ0n) is 6.43. The number of benzene rings is 1. The number of hydrogen-bond donors (Lipinski definition) is 2. The standard InChI is InChI=1S/C7H6N2O4.K.H/c8-6-4(7(10)11)2-1-3-5(6)9(12)13;;/h1-3H,8H2,(H,10,11);;. The van der Waals surface area contributed by atoms with Crippen LogP contribution in [0.25, 0.3) is 0 Å². The molecule has 0 aliphatic rings. The maximum absolute atomic E-state index is 10.5. The normalized spacial score (nSPS) is 8.86. The first-order valence-corrected chi connectivity index (χ1v) is 3.30. The molecule has 0 amide bonds. The molecule has 0 aromatic heterocycles. The molecule has 0 saturated heterocycles. The number of hydrogen-bond acceptors (Lipinski definition) is 4. The van der Waals surface area contributed by atoms with Crippen molar-refractivity contribution in [1.29, 1.82) is 0 Å². The molecule has 0 atom stereocenters. The number of aromatic carboxylic acids is 1. The molecular formula is C7H7KN2O4. The summed E-state index contributed by atoms with van der Waals surface area (Å²) in [6.45, 7) is 0. The van der Waals surface area contributed by atoms with Crippen LogP contribution in [0.2, 0.25) is 0 Å². The van der Waals surface area contributed by atoms with Crippen LogP contribution in [0.1, 0.15) is 10.4 Å². The average molecular weight is 222 g/mol. The molecule has 3 N–H and O–H groups in total. The van der Waals surface area contributed by atoms with Crippen molar-refractivity contribution in [3.05, 3.63) is 33.9 Å². The molecule has 70 valence electrons. The molecule has 0 saturated carbocycles. The summed E-state index contributed by atoms with van der Waals surface area (Å²) in [6.07, 6.45) is 0. The van der Waals surface area contributed by atoms with Crippen molar-refractivity contribution in [3.8, 4) is 0 Å². The Hall–Kier alpha value is -0.474. The Morgan fingerprint density at radius 1 is 1.50 bits per heavy atom. The average Bonchev–Trinajstić information content (AvgIpc) is 2.03. The number of carbonyl (C=O) groups is 1. The first kappa shape index (κ1) is 13.5. The number of para-hydroxylation sites is 1. The number of anilines is 1. The van der Waals surface area contributed by atoms with Crippen LogP contribution in [0.4, 0.5) is 11.4 Å². The van der Waals surface area contributed by atoms with Gasteiger partial charge in [-0.3, -0.25) is 10.1 Å². The van der Waals surface area contributed by atoms with Crippen LogP contribution >= 0.6 is 0 Å². The van der Waals surface area contributed by atoms with Gasteiger partial charge < -0.3 is 10.8 Å². The second kappa shape index (κ2) is 5.42. The minimum absolute atomic E-state index is 0. The zero-order valence-corrected chi connectivity index (χ0v) is 6.43. The quantitative estimate of drug-likeness (QED) is 0.322. The molecule has 0 radical (unpaired) electrons. The van der Waals surface area contributed by atoms with Crippen LogP contribution in [0, 0.1) is 10.1 Å². The van der Waals surface area contributed by atoms with Crippen molar-refractivity contribution in [2.24, 2.45) is 0 Å². The number of carboxylic acid groups (broad SMARTS) is 1. The Labute approximate surface area is 122 Å². The Bertz CT molecular complexity index is 348. The van der Waals surface area contributed by atoms with Crippen molar-refractivity contribution < 1.29 is 14.8 Å². The molecule has 0 bridgehead atoms. The van der Waals surface area contributed by atoms with E-state index >= 15 is 0 Å². The van der Waals surface area contributed by atoms with Gasteiger partial charge in [0.1, 0.15) is 5.69 Å². The predicted octanol–water partition coefficient (Wildman–Crippen LogP) is 0.227. The van der Waals surface area contributed by atoms with E-state index < -0.39 is 10.9 Å². The molecule has 1 rings (SSSR count). The number of nitrogens with two attached hydrogens (primary N) is 1. The second-order valence-corrected chi connectivity index (χ2v) is 2.30. The molecule has 0 fully saturated rings. The van der Waals surface area contributed by atoms with Gasteiger partial charge in [0, 0.05) is 6.07 Å². The van der Waals surface area contributed by atoms with E-state index in [0.717, 1.165) is 6.07 Å². The molecule has 0 aliphatic carbocycles. The first-order chi connectivity index (χ1) is 6.04. The number of nitro groups is 1. The summed E-state index contributed by atoms with van der Waals surface area (Å²) in [5.74, 6) is -1.28. The Balaban J connectivity index is 0.00000169. The third kappa shape index (κ3) is 2.76. The predicted molar refractivity (Wildman–Crippen MR) is 51.6 cm³/mol. The summed E-state index contributed by atoms with van der Waals surface area (Å²) in [6, 6.07) is 3.64. The van der Waals surface area contributed by atoms with Crippen molar-refractivity contribution in [1.82, 2.24) is 0 Å². The molecule has 0 unspecified atom stereocenters. The van der Waals surface area contributed by atoms with Gasteiger partial charge in [0.05, 0.1) is 10.5 Å². The van der Waals surface area contributed by atoms with Crippen LogP contribution in [-0.4, -0.2) is 67.4 Å². The van der Waals surface area contributed by atoms with Gasteiger partial charge in [-0.2, -0.15) is 0 Å². The molecule has 0 aliphatic heterocycles. The van der Waals surface area contributed by atoms with E-state index in [1.165, 1.54) is 12.1 Å². The summed E-state index contributed by atoms with van der Waals surface area (Å²) in [5, 5.41) is 18.9. The van der Waals surface area contributed by atoms with Gasteiger partial charge in [0.25, 0.3) is 5.69 Å². The van der Waals surface area contributed by atoms with Gasteiger partial charge in [-0.05, 0) is 6.07 Å². The van der Waals surface area contributed by atoms with Gasteiger partial charge in [-0.1, -0.05) is 6.07 Å². The fourth-order valence-electron chi connectivity index (χ4n) is 0.899. The summed E-state index contributed by atoms with van der Waals surface area (Å²) in [7, 11) is 0. The maximum atomic E-state index is 10.5. The topological polar surface area (TPSA) is 106 Å². The van der Waals surface area contributed by atoms with E-state index in [4.69, 9.17) is 10.8 Å². The zero-order chi connectivity index (χ0) is 10.0. The number of rotatable bonds is 2. The molecule has 6 nitrogen and oxygen atoms in total. The van der Waals surface area contributed by atoms with Gasteiger partial charge in [-0.25, -0.2) is 4.79 Å². The Morgan fingerprint density at radius 2 is 2.07 bits per heavy atom. The summed E-state index contributed by atoms with van der Waals surface area (Å²) >= 11 is 0. The van der Waals surface area contributed by atoms with E-state index in [-0.39, 0.29) is 68.3 Å². The van der Waals surface area contributed by atoms with Gasteiger partial charge in [0.15, 0.2) is 0 Å². The van der Waals surface area contributed by atoms with Gasteiger partial charge in [0.2, 0.25) is 0 Å². The molecular weight excluding hydrogens is 215 g/mol. The summed E-state index contributed by atoms with van der Waals surface area (Å²) < 4.78 is 0. The van der Waals surface area contributed by atoms with Crippen molar-refractivity contribution in [3.63, 3.8) is 0 Å². The Morgan fingerprint density at radius 3 is 2.50 bits per heavy atom. The van der Waals surface area contributed by atoms with Crippen molar-refractivity contribution in [2.75, 3.05) is 5.73 Å². The SMILES string of the molecule is Nc1c(C(=O)O)cccc1[N+](=O)[O-].[KH]. The van der Waals surface area contributed by atoms with E-state index in [1.54, 1.807) is 0 Å². The number of nitrogens with zero attached hydrogens (tertiary/aromatic N) is 1. The molecule has 7 heteroatoms. The number of nitro benzene ring substituents is 1. The van der Waals surface area contributed by atoms with Crippen molar-refractivity contribution >= 4 is 68.7 Å². The third-order valence-corrected chi connectivity index (χ3v) is 1.51. The fourth-order valence-corrected chi connectivity index (χ4v) is 0.899. The molecule has 0 heterocycles.